The third-order valence-electron chi connectivity index (χ3n) is 2.85. The third-order valence-corrected chi connectivity index (χ3v) is 3.95. The van der Waals surface area contributed by atoms with Gasteiger partial charge in [-0.15, -0.1) is 11.3 Å². The van der Waals surface area contributed by atoms with Crippen LogP contribution in [0, 0.1) is 0 Å². The van der Waals surface area contributed by atoms with E-state index < -0.39 is 0 Å². The zero-order valence-corrected chi connectivity index (χ0v) is 10.7. The molecule has 0 saturated carbocycles. The Labute approximate surface area is 99.7 Å². The molecule has 1 aromatic heterocycles. The summed E-state index contributed by atoms with van der Waals surface area (Å²) in [5.41, 5.74) is 0. The summed E-state index contributed by atoms with van der Waals surface area (Å²) in [6.07, 6.45) is 1.89. The Morgan fingerprint density at radius 3 is 3.00 bits per heavy atom. The molecule has 0 spiro atoms. The van der Waals surface area contributed by atoms with Gasteiger partial charge in [0.2, 0.25) is 0 Å². The molecule has 2 rings (SSSR count). The molecular weight excluding hydrogens is 230 g/mol. The molecule has 0 N–H and O–H groups in total. The van der Waals surface area contributed by atoms with Crippen LogP contribution in [0.25, 0.3) is 0 Å². The molecule has 1 unspecified atom stereocenters. The summed E-state index contributed by atoms with van der Waals surface area (Å²) in [5, 5.41) is 0. The first-order valence-corrected chi connectivity index (χ1v) is 6.37. The molecule has 0 amide bonds. The van der Waals surface area contributed by atoms with Gasteiger partial charge in [0.25, 0.3) is 0 Å². The Morgan fingerprint density at radius 2 is 2.40 bits per heavy atom. The van der Waals surface area contributed by atoms with Crippen molar-refractivity contribution in [3.8, 4) is 0 Å². The van der Waals surface area contributed by atoms with E-state index in [2.05, 4.69) is 28.8 Å². The summed E-state index contributed by atoms with van der Waals surface area (Å²) in [6.45, 7) is 6.69. The Morgan fingerprint density at radius 1 is 1.60 bits per heavy atom. The molecule has 1 aromatic rings. The number of piperazine rings is 1. The zero-order valence-electron chi connectivity index (χ0n) is 9.11. The Hall–Kier alpha value is -0.160. The van der Waals surface area contributed by atoms with Crippen LogP contribution in [0.15, 0.2) is 6.20 Å². The number of nitrogens with zero attached hydrogens (tertiary/aromatic N) is 3. The summed E-state index contributed by atoms with van der Waals surface area (Å²) in [6, 6.07) is 0.615. The van der Waals surface area contributed by atoms with E-state index >= 15 is 0 Å². The number of rotatable bonds is 2. The van der Waals surface area contributed by atoms with Crippen LogP contribution in [0.2, 0.25) is 4.47 Å². The van der Waals surface area contributed by atoms with E-state index in [0.29, 0.717) is 10.5 Å². The van der Waals surface area contributed by atoms with E-state index in [4.69, 9.17) is 11.6 Å². The first-order chi connectivity index (χ1) is 7.15. The minimum atomic E-state index is 0.615. The van der Waals surface area contributed by atoms with Crippen LogP contribution in [0.1, 0.15) is 11.8 Å². The molecule has 3 nitrogen and oxygen atoms in total. The smallest absolute Gasteiger partial charge is 0.183 e. The van der Waals surface area contributed by atoms with Crippen molar-refractivity contribution in [2.75, 3.05) is 26.7 Å². The number of hydrogen-bond donors (Lipinski definition) is 0. The normalized spacial score (nSPS) is 24.6. The lowest BCUT2D eigenvalue weighted by Gasteiger charge is -2.37. The summed E-state index contributed by atoms with van der Waals surface area (Å²) >= 11 is 7.40. The molecule has 1 fully saturated rings. The highest BCUT2D eigenvalue weighted by Crippen LogP contribution is 2.21. The van der Waals surface area contributed by atoms with Crippen molar-refractivity contribution in [1.82, 2.24) is 14.8 Å². The largest absolute Gasteiger partial charge is 0.304 e. The third kappa shape index (κ3) is 2.91. The Kier molecular flexibility index (Phi) is 3.61. The second-order valence-electron chi connectivity index (χ2n) is 4.16. The van der Waals surface area contributed by atoms with Crippen molar-refractivity contribution in [3.05, 3.63) is 15.5 Å². The minimum Gasteiger partial charge on any atom is -0.304 e. The quantitative estimate of drug-likeness (QED) is 0.794. The molecule has 0 radical (unpaired) electrons. The van der Waals surface area contributed by atoms with Crippen molar-refractivity contribution in [2.24, 2.45) is 0 Å². The van der Waals surface area contributed by atoms with Crippen molar-refractivity contribution in [3.63, 3.8) is 0 Å². The first-order valence-electron chi connectivity index (χ1n) is 5.18. The molecule has 1 atom stereocenters. The van der Waals surface area contributed by atoms with Gasteiger partial charge in [0, 0.05) is 43.3 Å². The predicted octanol–water partition coefficient (Wildman–Crippen LogP) is 1.93. The SMILES string of the molecule is CC1CN(C)CCN1Cc1cnc(Cl)s1. The van der Waals surface area contributed by atoms with Crippen LogP contribution in [-0.2, 0) is 6.54 Å². The molecule has 1 aliphatic heterocycles. The number of halogens is 1. The van der Waals surface area contributed by atoms with Gasteiger partial charge in [-0.1, -0.05) is 11.6 Å². The maximum atomic E-state index is 5.82. The number of hydrogen-bond acceptors (Lipinski definition) is 4. The van der Waals surface area contributed by atoms with Gasteiger partial charge in [0.15, 0.2) is 4.47 Å². The van der Waals surface area contributed by atoms with Gasteiger partial charge < -0.3 is 4.90 Å². The van der Waals surface area contributed by atoms with Gasteiger partial charge in [-0.05, 0) is 14.0 Å². The van der Waals surface area contributed by atoms with E-state index in [0.717, 1.165) is 26.2 Å². The van der Waals surface area contributed by atoms with Gasteiger partial charge in [-0.3, -0.25) is 4.90 Å². The Bertz CT molecular complexity index is 328. The fourth-order valence-electron chi connectivity index (χ4n) is 1.97. The molecule has 2 heterocycles. The summed E-state index contributed by atoms with van der Waals surface area (Å²) in [5.74, 6) is 0. The van der Waals surface area contributed by atoms with Gasteiger partial charge in [-0.25, -0.2) is 4.98 Å². The number of thiazole rings is 1. The maximum Gasteiger partial charge on any atom is 0.183 e. The van der Waals surface area contributed by atoms with E-state index in [9.17, 15) is 0 Å². The highest BCUT2D eigenvalue weighted by Gasteiger charge is 2.21. The summed E-state index contributed by atoms with van der Waals surface area (Å²) < 4.78 is 0.645. The lowest BCUT2D eigenvalue weighted by atomic mass is 10.2. The highest BCUT2D eigenvalue weighted by atomic mass is 35.5. The van der Waals surface area contributed by atoms with E-state index in [-0.39, 0.29) is 0 Å². The van der Waals surface area contributed by atoms with Crippen molar-refractivity contribution in [1.29, 1.82) is 0 Å². The number of aromatic nitrogens is 1. The average molecular weight is 246 g/mol. The second-order valence-corrected chi connectivity index (χ2v) is 5.86. The van der Waals surface area contributed by atoms with Crippen molar-refractivity contribution < 1.29 is 0 Å². The summed E-state index contributed by atoms with van der Waals surface area (Å²) in [4.78, 5) is 10.2. The fourth-order valence-corrected chi connectivity index (χ4v) is 2.97. The lowest BCUT2D eigenvalue weighted by Crippen LogP contribution is -2.49. The van der Waals surface area contributed by atoms with Gasteiger partial charge in [-0.2, -0.15) is 0 Å². The first kappa shape index (κ1) is 11.3. The molecule has 1 aliphatic rings. The highest BCUT2D eigenvalue weighted by molar-refractivity contribution is 7.15. The minimum absolute atomic E-state index is 0.615. The topological polar surface area (TPSA) is 19.4 Å². The van der Waals surface area contributed by atoms with Crippen LogP contribution >= 0.6 is 22.9 Å². The summed E-state index contributed by atoms with van der Waals surface area (Å²) in [7, 11) is 2.18. The molecule has 84 valence electrons. The standard InChI is InChI=1S/C10H16ClN3S/c1-8-6-13(2)3-4-14(8)7-9-5-12-10(11)15-9/h5,8H,3-4,6-7H2,1-2H3. The molecule has 0 aromatic carbocycles. The average Bonchev–Trinajstić information content (AvgIpc) is 2.56. The van der Waals surface area contributed by atoms with Crippen LogP contribution in [0.3, 0.4) is 0 Å². The van der Waals surface area contributed by atoms with Gasteiger partial charge >= 0.3 is 0 Å². The fraction of sp³-hybridized carbons (Fsp3) is 0.700. The maximum absolute atomic E-state index is 5.82. The zero-order chi connectivity index (χ0) is 10.8. The molecule has 15 heavy (non-hydrogen) atoms. The van der Waals surface area contributed by atoms with Crippen LogP contribution in [-0.4, -0.2) is 47.5 Å². The lowest BCUT2D eigenvalue weighted by molar-refractivity contribution is 0.0947. The van der Waals surface area contributed by atoms with Crippen LogP contribution < -0.4 is 0 Å². The number of likely N-dealkylation sites (N-methyl/N-ethyl adjacent to an activating group) is 1. The predicted molar refractivity (Wildman–Crippen MR) is 64.5 cm³/mol. The second kappa shape index (κ2) is 4.78. The molecule has 1 saturated heterocycles. The van der Waals surface area contributed by atoms with Crippen LogP contribution in [0.4, 0.5) is 0 Å². The molecule has 0 bridgehead atoms. The van der Waals surface area contributed by atoms with Gasteiger partial charge in [0.05, 0.1) is 0 Å². The van der Waals surface area contributed by atoms with Crippen molar-refractivity contribution in [2.45, 2.75) is 19.5 Å². The van der Waals surface area contributed by atoms with Crippen LogP contribution in [0.5, 0.6) is 0 Å². The van der Waals surface area contributed by atoms with E-state index in [1.165, 1.54) is 4.88 Å². The monoisotopic (exact) mass is 245 g/mol. The van der Waals surface area contributed by atoms with Crippen molar-refractivity contribution >= 4 is 22.9 Å². The Balaban J connectivity index is 1.94. The van der Waals surface area contributed by atoms with E-state index in [1.807, 2.05) is 6.20 Å². The molecule has 0 aliphatic carbocycles. The van der Waals surface area contributed by atoms with Gasteiger partial charge in [0.1, 0.15) is 0 Å². The molecule has 5 heteroatoms. The molecular formula is C10H16ClN3S. The van der Waals surface area contributed by atoms with E-state index in [1.54, 1.807) is 11.3 Å².